The van der Waals surface area contributed by atoms with Gasteiger partial charge in [-0.1, -0.05) is 6.08 Å². The minimum atomic E-state index is -2.93. The fraction of sp³-hybridized carbons (Fsp3) is 0.500. The Kier molecular flexibility index (Phi) is 6.19. The van der Waals surface area contributed by atoms with Gasteiger partial charge in [-0.05, 0) is 6.07 Å². The molecule has 1 aromatic heterocycles. The molecule has 0 aliphatic heterocycles. The lowest BCUT2D eigenvalue weighted by atomic mass is 10.00. The zero-order valence-corrected chi connectivity index (χ0v) is 12.1. The topological polar surface area (TPSA) is 83.4 Å². The normalized spacial score (nSPS) is 16.1. The molecular formula is C14H21F2N3O2. The summed E-state index contributed by atoms with van der Waals surface area (Å²) in [6.07, 6.45) is 2.08. The first-order valence-corrected chi connectivity index (χ1v) is 6.43. The summed E-state index contributed by atoms with van der Waals surface area (Å²) in [5.74, 6) is -3.01. The molecular weight excluding hydrogens is 280 g/mol. The van der Waals surface area contributed by atoms with E-state index in [4.69, 9.17) is 20.9 Å². The number of alkyl halides is 2. The van der Waals surface area contributed by atoms with Gasteiger partial charge in [-0.3, -0.25) is 0 Å². The first-order chi connectivity index (χ1) is 9.79. The molecule has 0 aliphatic rings. The van der Waals surface area contributed by atoms with E-state index in [2.05, 4.69) is 11.6 Å². The number of rotatable bonds is 8. The summed E-state index contributed by atoms with van der Waals surface area (Å²) in [5, 5.41) is 0. The van der Waals surface area contributed by atoms with Crippen molar-refractivity contribution in [3.8, 4) is 5.88 Å². The molecule has 1 aromatic rings. The highest BCUT2D eigenvalue weighted by Gasteiger charge is 2.25. The predicted octanol–water partition coefficient (Wildman–Crippen LogP) is 1.63. The number of aromatic nitrogens is 1. The lowest BCUT2D eigenvalue weighted by Gasteiger charge is -2.25. The van der Waals surface area contributed by atoms with E-state index >= 15 is 0 Å². The molecule has 1 heterocycles. The number of ether oxygens (including phenoxy) is 2. The van der Waals surface area contributed by atoms with Crippen molar-refractivity contribution in [1.29, 1.82) is 0 Å². The maximum atomic E-state index is 13.0. The van der Waals surface area contributed by atoms with Gasteiger partial charge in [0, 0.05) is 43.8 Å². The van der Waals surface area contributed by atoms with Crippen molar-refractivity contribution in [2.75, 3.05) is 13.7 Å². The molecule has 5 nitrogen and oxygen atoms in total. The maximum Gasteiger partial charge on any atom is 0.272 e. The molecule has 7 heteroatoms. The third-order valence-corrected chi connectivity index (χ3v) is 3.08. The lowest BCUT2D eigenvalue weighted by molar-refractivity contribution is 0.0170. The summed E-state index contributed by atoms with van der Waals surface area (Å²) >= 11 is 0. The lowest BCUT2D eigenvalue weighted by Crippen LogP contribution is -2.45. The zero-order valence-electron chi connectivity index (χ0n) is 12.1. The van der Waals surface area contributed by atoms with E-state index in [1.165, 1.54) is 19.2 Å². The van der Waals surface area contributed by atoms with Crippen LogP contribution < -0.4 is 16.2 Å². The van der Waals surface area contributed by atoms with Crippen LogP contribution in [-0.4, -0.2) is 31.0 Å². The first-order valence-electron chi connectivity index (χ1n) is 6.43. The van der Waals surface area contributed by atoms with Crippen molar-refractivity contribution in [3.05, 3.63) is 36.5 Å². The van der Waals surface area contributed by atoms with Gasteiger partial charge in [0.15, 0.2) is 0 Å². The number of hydrogen-bond acceptors (Lipinski definition) is 5. The molecule has 4 N–H and O–H groups in total. The van der Waals surface area contributed by atoms with Gasteiger partial charge in [-0.25, -0.2) is 13.8 Å². The molecule has 1 rings (SSSR count). The molecule has 0 amide bonds. The van der Waals surface area contributed by atoms with Gasteiger partial charge < -0.3 is 20.9 Å². The van der Waals surface area contributed by atoms with Crippen LogP contribution in [0.3, 0.4) is 0 Å². The van der Waals surface area contributed by atoms with Crippen LogP contribution in [0.15, 0.2) is 31.0 Å². The van der Waals surface area contributed by atoms with Gasteiger partial charge in [0.1, 0.15) is 12.8 Å². The Morgan fingerprint density at radius 1 is 1.43 bits per heavy atom. The van der Waals surface area contributed by atoms with Crippen molar-refractivity contribution in [1.82, 2.24) is 4.98 Å². The first kappa shape index (κ1) is 17.5. The highest BCUT2D eigenvalue weighted by molar-refractivity contribution is 5.21. The summed E-state index contributed by atoms with van der Waals surface area (Å²) in [6, 6.07) is 2.18. The van der Waals surface area contributed by atoms with E-state index in [0.29, 0.717) is 0 Å². The summed E-state index contributed by atoms with van der Waals surface area (Å²) in [5.41, 5.74) is 11.5. The Morgan fingerprint density at radius 3 is 2.52 bits per heavy atom. The summed E-state index contributed by atoms with van der Waals surface area (Å²) in [4.78, 5) is 3.82. The maximum absolute atomic E-state index is 13.0. The Morgan fingerprint density at radius 2 is 2.10 bits per heavy atom. The standard InChI is InChI=1S/C14H21F2N3O2/c1-4-10(13(18)20-3)11(17)8-21-12-6-5-9(7-19-12)14(2,15)16/h4-7,10-11,13H,1,8,17-18H2,2-3H3. The molecule has 0 aromatic carbocycles. The number of nitrogens with zero attached hydrogens (tertiary/aromatic N) is 1. The molecule has 3 atom stereocenters. The highest BCUT2D eigenvalue weighted by Crippen LogP contribution is 2.26. The van der Waals surface area contributed by atoms with Gasteiger partial charge in [0.25, 0.3) is 5.92 Å². The molecule has 0 radical (unpaired) electrons. The van der Waals surface area contributed by atoms with Crippen LogP contribution in [0.25, 0.3) is 0 Å². The molecule has 0 saturated heterocycles. The van der Waals surface area contributed by atoms with Gasteiger partial charge in [0.2, 0.25) is 5.88 Å². The predicted molar refractivity (Wildman–Crippen MR) is 75.9 cm³/mol. The van der Waals surface area contributed by atoms with Crippen molar-refractivity contribution >= 4 is 0 Å². The van der Waals surface area contributed by atoms with Crippen LogP contribution in [-0.2, 0) is 10.7 Å². The summed E-state index contributed by atoms with van der Waals surface area (Å²) in [7, 11) is 1.47. The second kappa shape index (κ2) is 7.44. The molecule has 0 spiro atoms. The number of hydrogen-bond donors (Lipinski definition) is 2. The Balaban J connectivity index is 2.60. The number of nitrogens with two attached hydrogens (primary N) is 2. The van der Waals surface area contributed by atoms with Crippen LogP contribution in [0.1, 0.15) is 12.5 Å². The van der Waals surface area contributed by atoms with Crippen LogP contribution in [0, 0.1) is 5.92 Å². The average molecular weight is 301 g/mol. The summed E-state index contributed by atoms with van der Waals surface area (Å²) < 4.78 is 36.5. The molecule has 21 heavy (non-hydrogen) atoms. The van der Waals surface area contributed by atoms with Crippen LogP contribution in [0.5, 0.6) is 5.88 Å². The van der Waals surface area contributed by atoms with E-state index in [1.54, 1.807) is 6.08 Å². The van der Waals surface area contributed by atoms with Gasteiger partial charge in [-0.2, -0.15) is 0 Å². The third kappa shape index (κ3) is 5.04. The van der Waals surface area contributed by atoms with E-state index in [0.717, 1.165) is 13.1 Å². The van der Waals surface area contributed by atoms with Crippen molar-refractivity contribution in [2.24, 2.45) is 17.4 Å². The number of halogens is 2. The van der Waals surface area contributed by atoms with E-state index < -0.39 is 18.2 Å². The Labute approximate surface area is 122 Å². The molecule has 0 bridgehead atoms. The van der Waals surface area contributed by atoms with Crippen molar-refractivity contribution in [3.63, 3.8) is 0 Å². The monoisotopic (exact) mass is 301 g/mol. The largest absolute Gasteiger partial charge is 0.476 e. The van der Waals surface area contributed by atoms with Crippen LogP contribution in [0.4, 0.5) is 8.78 Å². The van der Waals surface area contributed by atoms with E-state index in [1.807, 2.05) is 0 Å². The minimum absolute atomic E-state index is 0.114. The van der Waals surface area contributed by atoms with Gasteiger partial charge in [0.05, 0.1) is 0 Å². The van der Waals surface area contributed by atoms with Gasteiger partial charge in [-0.15, -0.1) is 6.58 Å². The number of methoxy groups -OCH3 is 1. The highest BCUT2D eigenvalue weighted by atomic mass is 19.3. The van der Waals surface area contributed by atoms with Crippen molar-refractivity contribution in [2.45, 2.75) is 25.1 Å². The summed E-state index contributed by atoms with van der Waals surface area (Å²) in [6.45, 7) is 4.57. The second-order valence-corrected chi connectivity index (χ2v) is 4.76. The van der Waals surface area contributed by atoms with E-state index in [9.17, 15) is 8.78 Å². The quantitative estimate of drug-likeness (QED) is 0.563. The Hall–Kier alpha value is -1.57. The smallest absolute Gasteiger partial charge is 0.272 e. The van der Waals surface area contributed by atoms with Gasteiger partial charge >= 0.3 is 0 Å². The molecule has 118 valence electrons. The zero-order chi connectivity index (χ0) is 16.0. The number of pyridine rings is 1. The molecule has 3 unspecified atom stereocenters. The van der Waals surface area contributed by atoms with Crippen molar-refractivity contribution < 1.29 is 18.3 Å². The minimum Gasteiger partial charge on any atom is -0.476 e. The SMILES string of the molecule is C=CC(C(N)COc1ccc(C(C)(F)F)cn1)C(N)OC. The fourth-order valence-electron chi connectivity index (χ4n) is 1.73. The molecule has 0 fully saturated rings. The average Bonchev–Trinajstić information content (AvgIpc) is 2.45. The third-order valence-electron chi connectivity index (χ3n) is 3.08. The van der Waals surface area contributed by atoms with E-state index in [-0.39, 0.29) is 24.0 Å². The van der Waals surface area contributed by atoms with Crippen LogP contribution >= 0.6 is 0 Å². The van der Waals surface area contributed by atoms with Crippen LogP contribution in [0.2, 0.25) is 0 Å². The molecule has 0 saturated carbocycles. The molecule has 0 aliphatic carbocycles. The second-order valence-electron chi connectivity index (χ2n) is 4.76. The Bertz CT molecular complexity index is 449. The fourth-order valence-corrected chi connectivity index (χ4v) is 1.73.